The lowest BCUT2D eigenvalue weighted by molar-refractivity contribution is -0.113. The highest BCUT2D eigenvalue weighted by atomic mass is 32.2. The smallest absolute Gasteiger partial charge is 0.234 e. The zero-order chi connectivity index (χ0) is 17.5. The van der Waals surface area contributed by atoms with Crippen molar-refractivity contribution in [1.82, 2.24) is 10.2 Å². The number of nitrogens with zero attached hydrogens (tertiary/aromatic N) is 2. The number of nitrogens with one attached hydrogen (secondary N) is 2. The summed E-state index contributed by atoms with van der Waals surface area (Å²) in [5, 5.41) is 15.2. The Morgan fingerprint density at radius 2 is 1.96 bits per heavy atom. The van der Waals surface area contributed by atoms with Crippen molar-refractivity contribution >= 4 is 39.8 Å². The molecule has 2 aromatic rings. The van der Waals surface area contributed by atoms with Crippen molar-refractivity contribution in [3.63, 3.8) is 0 Å². The lowest BCUT2D eigenvalue weighted by atomic mass is 10.0. The second-order valence-corrected chi connectivity index (χ2v) is 8.43. The first-order valence-corrected chi connectivity index (χ1v) is 9.85. The average molecular weight is 365 g/mol. The molecule has 0 aliphatic carbocycles. The fourth-order valence-corrected chi connectivity index (χ4v) is 3.62. The minimum atomic E-state index is -0.0278. The maximum Gasteiger partial charge on any atom is 0.234 e. The molecule has 0 spiro atoms. The molecule has 2 rings (SSSR count). The van der Waals surface area contributed by atoms with E-state index < -0.39 is 0 Å². The zero-order valence-corrected chi connectivity index (χ0v) is 16.1. The monoisotopic (exact) mass is 364 g/mol. The Bertz CT molecular complexity index is 670. The molecule has 130 valence electrons. The molecule has 5 nitrogen and oxygen atoms in total. The first kappa shape index (κ1) is 18.7. The third-order valence-electron chi connectivity index (χ3n) is 3.25. The van der Waals surface area contributed by atoms with Gasteiger partial charge in [0.2, 0.25) is 11.0 Å². The molecular weight excluding hydrogens is 340 g/mol. The molecule has 24 heavy (non-hydrogen) atoms. The number of hydrogen-bond acceptors (Lipinski definition) is 6. The average Bonchev–Trinajstić information content (AvgIpc) is 2.99. The van der Waals surface area contributed by atoms with Crippen LogP contribution in [-0.2, 0) is 4.79 Å². The highest BCUT2D eigenvalue weighted by molar-refractivity contribution is 8.01. The lowest BCUT2D eigenvalue weighted by Gasteiger charge is -2.13. The summed E-state index contributed by atoms with van der Waals surface area (Å²) in [5.74, 6) is 1.22. The van der Waals surface area contributed by atoms with Gasteiger partial charge < -0.3 is 10.6 Å². The third-order valence-corrected chi connectivity index (χ3v) is 5.27. The Labute approximate surface area is 151 Å². The molecule has 0 fully saturated rings. The van der Waals surface area contributed by atoms with Crippen LogP contribution in [0.3, 0.4) is 0 Å². The molecule has 0 bridgehead atoms. The number of anilines is 2. The lowest BCUT2D eigenvalue weighted by Crippen LogP contribution is -2.15. The zero-order valence-electron chi connectivity index (χ0n) is 14.5. The minimum absolute atomic E-state index is 0.0278. The van der Waals surface area contributed by atoms with Crippen molar-refractivity contribution in [3.05, 3.63) is 29.8 Å². The van der Waals surface area contributed by atoms with Crippen LogP contribution >= 0.6 is 23.1 Å². The van der Waals surface area contributed by atoms with Gasteiger partial charge in [-0.15, -0.1) is 10.2 Å². The molecule has 0 atom stereocenters. The van der Waals surface area contributed by atoms with Gasteiger partial charge in [-0.3, -0.25) is 4.79 Å². The molecule has 1 aromatic carbocycles. The predicted molar refractivity (Wildman–Crippen MR) is 103 cm³/mol. The van der Waals surface area contributed by atoms with E-state index in [2.05, 4.69) is 48.5 Å². The van der Waals surface area contributed by atoms with Crippen molar-refractivity contribution in [3.8, 4) is 0 Å². The predicted octanol–water partition coefficient (Wildman–Crippen LogP) is 4.46. The van der Waals surface area contributed by atoms with Gasteiger partial charge in [-0.05, 0) is 23.5 Å². The van der Waals surface area contributed by atoms with Gasteiger partial charge in [0.25, 0.3) is 0 Å². The van der Waals surface area contributed by atoms with Crippen LogP contribution in [0.1, 0.15) is 39.2 Å². The second kappa shape index (κ2) is 9.03. The summed E-state index contributed by atoms with van der Waals surface area (Å²) in [6.07, 6.45) is 0. The topological polar surface area (TPSA) is 66.9 Å². The Hall–Kier alpha value is -1.60. The summed E-state index contributed by atoms with van der Waals surface area (Å²) < 4.78 is 0.800. The molecule has 7 heteroatoms. The molecule has 0 saturated heterocycles. The molecule has 1 aromatic heterocycles. The maximum atomic E-state index is 12.2. The number of benzene rings is 1. The Morgan fingerprint density at radius 3 is 2.67 bits per heavy atom. The van der Waals surface area contributed by atoms with E-state index in [9.17, 15) is 4.79 Å². The van der Waals surface area contributed by atoms with Crippen molar-refractivity contribution < 1.29 is 4.79 Å². The van der Waals surface area contributed by atoms with Crippen molar-refractivity contribution in [1.29, 1.82) is 0 Å². The van der Waals surface area contributed by atoms with Crippen molar-refractivity contribution in [2.24, 2.45) is 5.92 Å². The largest absolute Gasteiger partial charge is 0.360 e. The molecule has 1 heterocycles. The molecular formula is C17H24N4OS2. The van der Waals surface area contributed by atoms with E-state index >= 15 is 0 Å². The number of carbonyl (C=O) groups excluding carboxylic acids is 1. The van der Waals surface area contributed by atoms with Crippen LogP contribution in [0.2, 0.25) is 0 Å². The number of rotatable bonds is 8. The van der Waals surface area contributed by atoms with Crippen LogP contribution in [0, 0.1) is 5.92 Å². The van der Waals surface area contributed by atoms with Crippen LogP contribution in [0.15, 0.2) is 28.6 Å². The molecule has 0 aliphatic heterocycles. The van der Waals surface area contributed by atoms with Gasteiger partial charge in [0, 0.05) is 12.2 Å². The first-order chi connectivity index (χ1) is 11.5. The van der Waals surface area contributed by atoms with Crippen LogP contribution in [-0.4, -0.2) is 28.4 Å². The highest BCUT2D eigenvalue weighted by Crippen LogP contribution is 2.27. The maximum absolute atomic E-state index is 12.2. The van der Waals surface area contributed by atoms with Crippen molar-refractivity contribution in [2.45, 2.75) is 38.0 Å². The van der Waals surface area contributed by atoms with E-state index in [1.165, 1.54) is 23.1 Å². The Balaban J connectivity index is 1.85. The summed E-state index contributed by atoms with van der Waals surface area (Å²) in [6, 6.07) is 7.92. The van der Waals surface area contributed by atoms with Gasteiger partial charge in [0.15, 0.2) is 4.34 Å². The fourth-order valence-electron chi connectivity index (χ4n) is 2.06. The number of para-hydroxylation sites is 1. The van der Waals surface area contributed by atoms with Gasteiger partial charge in [-0.2, -0.15) is 0 Å². The Morgan fingerprint density at radius 1 is 1.21 bits per heavy atom. The highest BCUT2D eigenvalue weighted by Gasteiger charge is 2.11. The van der Waals surface area contributed by atoms with E-state index in [1.54, 1.807) is 0 Å². The van der Waals surface area contributed by atoms with Crippen LogP contribution in [0.4, 0.5) is 10.8 Å². The summed E-state index contributed by atoms with van der Waals surface area (Å²) in [4.78, 5) is 12.2. The molecule has 0 radical (unpaired) electrons. The fraction of sp³-hybridized carbons (Fsp3) is 0.471. The van der Waals surface area contributed by atoms with Crippen LogP contribution < -0.4 is 10.6 Å². The van der Waals surface area contributed by atoms with Crippen molar-refractivity contribution in [2.75, 3.05) is 22.9 Å². The number of carbonyl (C=O) groups is 1. The summed E-state index contributed by atoms with van der Waals surface area (Å²) >= 11 is 2.89. The molecule has 1 amide bonds. The summed E-state index contributed by atoms with van der Waals surface area (Å²) in [7, 11) is 0. The summed E-state index contributed by atoms with van der Waals surface area (Å²) in [6.45, 7) is 9.39. The molecule has 0 unspecified atom stereocenters. The number of thioether (sulfide) groups is 1. The van der Waals surface area contributed by atoms with E-state index in [1.807, 2.05) is 24.3 Å². The molecule has 2 N–H and O–H groups in total. The van der Waals surface area contributed by atoms with Gasteiger partial charge in [0.05, 0.1) is 5.75 Å². The molecule has 0 saturated carbocycles. The first-order valence-electron chi connectivity index (χ1n) is 8.04. The molecule has 0 aliphatic rings. The van der Waals surface area contributed by atoms with Gasteiger partial charge in [-0.25, -0.2) is 0 Å². The minimum Gasteiger partial charge on any atom is -0.360 e. The third kappa shape index (κ3) is 5.79. The van der Waals surface area contributed by atoms with E-state index in [-0.39, 0.29) is 5.91 Å². The quantitative estimate of drug-likeness (QED) is 0.677. The summed E-state index contributed by atoms with van der Waals surface area (Å²) in [5.41, 5.74) is 2.03. The Kier molecular flexibility index (Phi) is 7.05. The normalized spacial score (nSPS) is 11.1. The van der Waals surface area contributed by atoms with Crippen LogP contribution in [0.25, 0.3) is 0 Å². The van der Waals surface area contributed by atoms with E-state index in [0.717, 1.165) is 27.3 Å². The van der Waals surface area contributed by atoms with Gasteiger partial charge >= 0.3 is 0 Å². The number of aromatic nitrogens is 2. The van der Waals surface area contributed by atoms with E-state index in [0.29, 0.717) is 17.6 Å². The standard InChI is InChI=1S/C17H24N4OS2/c1-11(2)9-18-16-20-21-17(24-16)23-10-15(22)19-14-8-6-5-7-13(14)12(3)4/h5-8,11-12H,9-10H2,1-4H3,(H,18,20)(H,19,22). The van der Waals surface area contributed by atoms with Gasteiger partial charge in [-0.1, -0.05) is 69.0 Å². The van der Waals surface area contributed by atoms with E-state index in [4.69, 9.17) is 0 Å². The number of hydrogen-bond donors (Lipinski definition) is 2. The second-order valence-electron chi connectivity index (χ2n) is 6.23. The van der Waals surface area contributed by atoms with Crippen LogP contribution in [0.5, 0.6) is 0 Å². The SMILES string of the molecule is CC(C)CNc1nnc(SCC(=O)Nc2ccccc2C(C)C)s1. The van der Waals surface area contributed by atoms with Gasteiger partial charge in [0.1, 0.15) is 0 Å². The number of amides is 1.